The molecule has 13 heteroatoms. The average molecular weight is 667 g/mol. The van der Waals surface area contributed by atoms with E-state index < -0.39 is 23.3 Å². The Hall–Kier alpha value is -4.00. The third-order valence-electron chi connectivity index (χ3n) is 8.60. The van der Waals surface area contributed by atoms with Gasteiger partial charge in [-0.25, -0.2) is 9.78 Å². The lowest BCUT2D eigenvalue weighted by molar-refractivity contribution is -0.0304. The van der Waals surface area contributed by atoms with Crippen molar-refractivity contribution in [2.45, 2.75) is 37.5 Å². The topological polar surface area (TPSA) is 137 Å². The molecule has 3 N–H and O–H groups in total. The number of hydrogen-bond acceptors (Lipinski definition) is 8. The largest absolute Gasteiger partial charge is 0.481 e. The fourth-order valence-corrected chi connectivity index (χ4v) is 6.77. The Kier molecular flexibility index (Phi) is 9.04. The minimum Gasteiger partial charge on any atom is -0.481 e. The highest BCUT2D eigenvalue weighted by Gasteiger charge is 2.33. The summed E-state index contributed by atoms with van der Waals surface area (Å²) in [6, 6.07) is 12.6. The molecule has 2 aromatic carbocycles. The number of fused-ring (bicyclic) bond motifs is 1. The van der Waals surface area contributed by atoms with Crippen molar-refractivity contribution in [2.24, 2.45) is 14.1 Å². The predicted octanol–water partition coefficient (Wildman–Crippen LogP) is 4.11. The Labute approximate surface area is 274 Å². The molecule has 3 heterocycles. The zero-order valence-corrected chi connectivity index (χ0v) is 27.0. The Morgan fingerprint density at radius 1 is 1.07 bits per heavy atom. The van der Waals surface area contributed by atoms with Crippen LogP contribution in [0, 0.1) is 0 Å². The van der Waals surface area contributed by atoms with Gasteiger partial charge in [-0.15, -0.1) is 0 Å². The highest BCUT2D eigenvalue weighted by molar-refractivity contribution is 6.39. The number of pyridine rings is 1. The summed E-state index contributed by atoms with van der Waals surface area (Å²) in [6.45, 7) is 0.917. The van der Waals surface area contributed by atoms with Gasteiger partial charge in [-0.2, -0.15) is 0 Å². The van der Waals surface area contributed by atoms with Crippen LogP contribution in [0.5, 0.6) is 5.88 Å². The molecule has 11 nitrogen and oxygen atoms in total. The van der Waals surface area contributed by atoms with Crippen LogP contribution >= 0.6 is 23.2 Å². The van der Waals surface area contributed by atoms with E-state index >= 15 is 0 Å². The lowest BCUT2D eigenvalue weighted by Gasteiger charge is -2.31. The quantitative estimate of drug-likeness (QED) is 0.268. The van der Waals surface area contributed by atoms with Gasteiger partial charge < -0.3 is 29.8 Å². The maximum absolute atomic E-state index is 13.1. The van der Waals surface area contributed by atoms with Crippen molar-refractivity contribution in [3.8, 4) is 28.3 Å². The van der Waals surface area contributed by atoms with Crippen LogP contribution in [-0.2, 0) is 25.3 Å². The molecule has 1 aliphatic carbocycles. The van der Waals surface area contributed by atoms with Gasteiger partial charge in [0.1, 0.15) is 5.56 Å². The third kappa shape index (κ3) is 5.85. The lowest BCUT2D eigenvalue weighted by atomic mass is 9.99. The van der Waals surface area contributed by atoms with Gasteiger partial charge in [0.25, 0.3) is 11.5 Å². The first-order valence-electron chi connectivity index (χ1n) is 14.8. The molecule has 2 aromatic heterocycles. The second-order valence-electron chi connectivity index (χ2n) is 11.5. The van der Waals surface area contributed by atoms with Crippen LogP contribution in [0.2, 0.25) is 10.0 Å². The number of aryl methyl sites for hydroxylation is 2. The van der Waals surface area contributed by atoms with Crippen LogP contribution in [0.25, 0.3) is 22.4 Å². The van der Waals surface area contributed by atoms with Crippen LogP contribution in [0.4, 0.5) is 5.69 Å². The Morgan fingerprint density at radius 3 is 2.52 bits per heavy atom. The number of methoxy groups -OCH3 is 1. The van der Waals surface area contributed by atoms with Crippen molar-refractivity contribution >= 4 is 34.8 Å². The van der Waals surface area contributed by atoms with Crippen molar-refractivity contribution in [3.63, 3.8) is 0 Å². The molecule has 4 aromatic rings. The summed E-state index contributed by atoms with van der Waals surface area (Å²) in [4.78, 5) is 42.6. The normalized spacial score (nSPS) is 19.1. The number of hydrogen-bond donors (Lipinski definition) is 3. The summed E-state index contributed by atoms with van der Waals surface area (Å²) >= 11 is 13.9. The van der Waals surface area contributed by atoms with E-state index in [0.717, 1.165) is 39.5 Å². The fourth-order valence-electron chi connectivity index (χ4n) is 6.17. The highest BCUT2D eigenvalue weighted by atomic mass is 35.5. The fraction of sp³-hybridized carbons (Fsp3) is 0.333. The van der Waals surface area contributed by atoms with E-state index in [2.05, 4.69) is 10.6 Å². The molecule has 1 unspecified atom stereocenters. The number of ether oxygens (including phenoxy) is 2. The summed E-state index contributed by atoms with van der Waals surface area (Å²) in [5.74, 6) is -0.207. The average Bonchev–Trinajstić information content (AvgIpc) is 3.46. The number of aliphatic hydroxyl groups excluding tert-OH is 1. The molecule has 1 aliphatic heterocycles. The molecule has 6 rings (SSSR count). The van der Waals surface area contributed by atoms with Gasteiger partial charge in [0.2, 0.25) is 5.88 Å². The zero-order valence-electron chi connectivity index (χ0n) is 25.5. The van der Waals surface area contributed by atoms with Gasteiger partial charge in [-0.05, 0) is 37.0 Å². The SMILES string of the molecule is COc1nc(-c2cccc(-c3cccc(NC(=O)c4cn(C)c(=O)n(C)c4=O)c3Cl)c2Cl)cc2c1C(N[C@@H]1CCOC[C@H]1O)CC2. The summed E-state index contributed by atoms with van der Waals surface area (Å²) < 4.78 is 13.2. The van der Waals surface area contributed by atoms with Gasteiger partial charge in [-0.3, -0.25) is 14.2 Å². The Balaban J connectivity index is 1.31. The summed E-state index contributed by atoms with van der Waals surface area (Å²) in [6.07, 6.45) is 3.00. The Bertz CT molecular complexity index is 1960. The van der Waals surface area contributed by atoms with Crippen LogP contribution in [0.1, 0.15) is 40.4 Å². The highest BCUT2D eigenvalue weighted by Crippen LogP contribution is 2.44. The number of carbonyl (C=O) groups excluding carboxylic acids is 1. The third-order valence-corrected chi connectivity index (χ3v) is 9.41. The summed E-state index contributed by atoms with van der Waals surface area (Å²) in [7, 11) is 4.36. The molecule has 0 bridgehead atoms. The molecule has 2 aliphatic rings. The monoisotopic (exact) mass is 665 g/mol. The van der Waals surface area contributed by atoms with E-state index in [1.165, 1.54) is 20.3 Å². The molecule has 0 spiro atoms. The van der Waals surface area contributed by atoms with E-state index in [4.69, 9.17) is 37.7 Å². The molecule has 1 fully saturated rings. The van der Waals surface area contributed by atoms with E-state index in [-0.39, 0.29) is 28.4 Å². The second kappa shape index (κ2) is 13.0. The standard InChI is InChI=1S/C33H33Cl2N5O6/c1-39-15-21(32(43)40(2)33(39)44)30(42)37-24-9-5-7-19(29(24)35)18-6-4-8-20(28(18)34)25-14-17-10-11-23(27(17)31(38-25)45-3)36-22-12-13-46-16-26(22)41/h4-9,14-15,22-23,26,36,41H,10-13,16H2,1-3H3,(H,37,42)/t22-,23?,26-/m1/s1. The van der Waals surface area contributed by atoms with Gasteiger partial charge in [-0.1, -0.05) is 53.5 Å². The van der Waals surface area contributed by atoms with Gasteiger partial charge in [0, 0.05) is 61.2 Å². The number of amides is 1. The minimum atomic E-state index is -0.718. The molecular formula is C33H33Cl2N5O6. The molecule has 46 heavy (non-hydrogen) atoms. The number of benzene rings is 2. The van der Waals surface area contributed by atoms with Crippen LogP contribution in [-0.4, -0.2) is 57.6 Å². The maximum Gasteiger partial charge on any atom is 0.330 e. The van der Waals surface area contributed by atoms with E-state index in [0.29, 0.717) is 46.5 Å². The van der Waals surface area contributed by atoms with Crippen LogP contribution < -0.4 is 26.6 Å². The van der Waals surface area contributed by atoms with E-state index in [1.54, 1.807) is 25.3 Å². The second-order valence-corrected chi connectivity index (χ2v) is 12.2. The summed E-state index contributed by atoms with van der Waals surface area (Å²) in [5, 5.41) is 17.3. The maximum atomic E-state index is 13.1. The number of rotatable bonds is 7. The first-order valence-corrected chi connectivity index (χ1v) is 15.6. The van der Waals surface area contributed by atoms with Crippen LogP contribution in [0.3, 0.4) is 0 Å². The van der Waals surface area contributed by atoms with Gasteiger partial charge in [0.05, 0.1) is 41.2 Å². The number of nitrogens with zero attached hydrogens (tertiary/aromatic N) is 3. The van der Waals surface area contributed by atoms with E-state index in [1.807, 2.05) is 24.3 Å². The lowest BCUT2D eigenvalue weighted by Crippen LogP contribution is -2.47. The number of nitrogens with one attached hydrogen (secondary N) is 2. The smallest absolute Gasteiger partial charge is 0.330 e. The van der Waals surface area contributed by atoms with Crippen molar-refractivity contribution in [1.29, 1.82) is 0 Å². The zero-order chi connectivity index (χ0) is 32.7. The number of aliphatic hydroxyl groups is 1. The van der Waals surface area contributed by atoms with E-state index in [9.17, 15) is 19.5 Å². The molecule has 0 saturated carbocycles. The molecule has 240 valence electrons. The number of halogens is 2. The van der Waals surface area contributed by atoms with Gasteiger partial charge in [0.15, 0.2) is 0 Å². The first-order chi connectivity index (χ1) is 22.1. The van der Waals surface area contributed by atoms with Crippen molar-refractivity contribution in [2.75, 3.05) is 25.6 Å². The predicted molar refractivity (Wildman–Crippen MR) is 176 cm³/mol. The summed E-state index contributed by atoms with van der Waals surface area (Å²) in [5.41, 5.74) is 3.38. The van der Waals surface area contributed by atoms with Crippen molar-refractivity contribution in [1.82, 2.24) is 19.4 Å². The van der Waals surface area contributed by atoms with Gasteiger partial charge >= 0.3 is 5.69 Å². The molecule has 3 atom stereocenters. The van der Waals surface area contributed by atoms with Crippen molar-refractivity contribution in [3.05, 3.63) is 96.2 Å². The molecular weight excluding hydrogens is 633 g/mol. The minimum absolute atomic E-state index is 0.0104. The number of carbonyl (C=O) groups is 1. The van der Waals surface area contributed by atoms with Crippen LogP contribution in [0.15, 0.2) is 58.3 Å². The molecule has 1 saturated heterocycles. The first kappa shape index (κ1) is 32.0. The number of anilines is 1. The molecule has 1 amide bonds. The molecule has 0 radical (unpaired) electrons. The van der Waals surface area contributed by atoms with Crippen molar-refractivity contribution < 1.29 is 19.4 Å². The number of aromatic nitrogens is 3. The Morgan fingerprint density at radius 2 is 1.78 bits per heavy atom.